The predicted octanol–water partition coefficient (Wildman–Crippen LogP) is 3.04. The first-order chi connectivity index (χ1) is 12.6. The molecular formula is C19H19NO5S. The van der Waals surface area contributed by atoms with Gasteiger partial charge in [-0.05, 0) is 23.8 Å². The Labute approximate surface area is 155 Å². The van der Waals surface area contributed by atoms with Crippen LogP contribution in [0.15, 0.2) is 48.5 Å². The Hall–Kier alpha value is -2.67. The van der Waals surface area contributed by atoms with Gasteiger partial charge in [-0.1, -0.05) is 30.3 Å². The predicted molar refractivity (Wildman–Crippen MR) is 98.8 cm³/mol. The van der Waals surface area contributed by atoms with Gasteiger partial charge in [0, 0.05) is 11.3 Å². The second-order valence-corrected chi connectivity index (χ2v) is 6.85. The zero-order chi connectivity index (χ0) is 18.7. The molecule has 0 spiro atoms. The highest BCUT2D eigenvalue weighted by atomic mass is 32.2. The number of carboxylic acids is 1. The summed E-state index contributed by atoms with van der Waals surface area (Å²) in [5, 5.41) is 9.23. The molecule has 0 aliphatic carbocycles. The van der Waals surface area contributed by atoms with Crippen molar-refractivity contribution in [2.45, 2.75) is 11.4 Å². The van der Waals surface area contributed by atoms with E-state index in [1.807, 2.05) is 30.3 Å². The molecule has 0 radical (unpaired) electrons. The second kappa shape index (κ2) is 7.70. The van der Waals surface area contributed by atoms with E-state index in [0.29, 0.717) is 22.8 Å². The van der Waals surface area contributed by atoms with Crippen LogP contribution >= 0.6 is 11.8 Å². The van der Waals surface area contributed by atoms with Crippen LogP contribution in [0.25, 0.3) is 0 Å². The van der Waals surface area contributed by atoms with Crippen molar-refractivity contribution in [1.29, 1.82) is 0 Å². The van der Waals surface area contributed by atoms with Crippen molar-refractivity contribution >= 4 is 23.6 Å². The quantitative estimate of drug-likeness (QED) is 0.868. The molecule has 2 aromatic carbocycles. The number of thioether (sulfide) groups is 1. The van der Waals surface area contributed by atoms with Crippen molar-refractivity contribution in [3.05, 3.63) is 59.7 Å². The molecule has 1 aliphatic heterocycles. The highest BCUT2D eigenvalue weighted by Crippen LogP contribution is 2.42. The normalized spacial score (nSPS) is 19.2. The Morgan fingerprint density at radius 2 is 1.77 bits per heavy atom. The number of amides is 1. The molecule has 0 bridgehead atoms. The molecule has 7 heteroatoms. The summed E-state index contributed by atoms with van der Waals surface area (Å²) in [6.07, 6.45) is 0. The maximum atomic E-state index is 13.2. The molecule has 1 amide bonds. The van der Waals surface area contributed by atoms with Gasteiger partial charge in [-0.25, -0.2) is 4.79 Å². The molecule has 1 fully saturated rings. The third-order valence-corrected chi connectivity index (χ3v) is 5.56. The molecule has 26 heavy (non-hydrogen) atoms. The average Bonchev–Trinajstić information content (AvgIpc) is 3.13. The Kier molecular flexibility index (Phi) is 5.37. The molecule has 0 unspecified atom stereocenters. The van der Waals surface area contributed by atoms with Crippen molar-refractivity contribution in [3.8, 4) is 11.5 Å². The Bertz CT molecular complexity index is 811. The summed E-state index contributed by atoms with van der Waals surface area (Å²) < 4.78 is 10.5. The third-order valence-electron chi connectivity index (χ3n) is 4.24. The lowest BCUT2D eigenvalue weighted by Gasteiger charge is -2.28. The lowest BCUT2D eigenvalue weighted by Crippen LogP contribution is -2.42. The molecule has 136 valence electrons. The van der Waals surface area contributed by atoms with E-state index in [9.17, 15) is 14.7 Å². The molecular weight excluding hydrogens is 354 g/mol. The summed E-state index contributed by atoms with van der Waals surface area (Å²) in [7, 11) is 3.01. The smallest absolute Gasteiger partial charge is 0.327 e. The average molecular weight is 373 g/mol. The Morgan fingerprint density at radius 1 is 1.08 bits per heavy atom. The first kappa shape index (κ1) is 18.1. The fourth-order valence-electron chi connectivity index (χ4n) is 2.94. The van der Waals surface area contributed by atoms with Crippen molar-refractivity contribution < 1.29 is 24.2 Å². The van der Waals surface area contributed by atoms with Crippen molar-refractivity contribution in [2.75, 3.05) is 20.0 Å². The number of methoxy groups -OCH3 is 2. The fourth-order valence-corrected chi connectivity index (χ4v) is 4.36. The minimum atomic E-state index is -1.01. The minimum Gasteiger partial charge on any atom is -0.493 e. The Balaban J connectivity index is 1.99. The van der Waals surface area contributed by atoms with Crippen molar-refractivity contribution in [1.82, 2.24) is 4.90 Å². The molecule has 2 atom stereocenters. The molecule has 0 aromatic heterocycles. The summed E-state index contributed by atoms with van der Waals surface area (Å²) >= 11 is 1.45. The van der Waals surface area contributed by atoms with Crippen LogP contribution in [0.1, 0.15) is 21.3 Å². The van der Waals surface area contributed by atoms with Crippen LogP contribution in [0.3, 0.4) is 0 Å². The monoisotopic (exact) mass is 373 g/mol. The van der Waals surface area contributed by atoms with Gasteiger partial charge in [0.05, 0.1) is 14.2 Å². The molecule has 0 saturated carbocycles. The van der Waals surface area contributed by atoms with Crippen molar-refractivity contribution in [2.24, 2.45) is 0 Å². The van der Waals surface area contributed by atoms with Gasteiger partial charge in [-0.15, -0.1) is 11.8 Å². The van der Waals surface area contributed by atoms with Crippen LogP contribution in [0.4, 0.5) is 0 Å². The number of rotatable bonds is 5. The lowest BCUT2D eigenvalue weighted by molar-refractivity contribution is -0.141. The van der Waals surface area contributed by atoms with Crippen LogP contribution < -0.4 is 9.47 Å². The summed E-state index contributed by atoms with van der Waals surface area (Å²) in [5.41, 5.74) is 1.26. The SMILES string of the molecule is COc1ccc(C(=O)N2[C@@H](C(=O)O)CS[C@H]2c2ccccc2)cc1OC. The lowest BCUT2D eigenvalue weighted by atomic mass is 10.1. The number of ether oxygens (including phenoxy) is 2. The van der Waals surface area contributed by atoms with Gasteiger partial charge in [-0.2, -0.15) is 0 Å². The summed E-state index contributed by atoms with van der Waals surface area (Å²) in [5.74, 6) is -0.0852. The molecule has 1 N–H and O–H groups in total. The standard InChI is InChI=1S/C19H19NO5S/c1-24-15-9-8-13(10-16(15)25-2)17(21)20-14(19(22)23)11-26-18(20)12-6-4-3-5-7-12/h3-10,14,18H,11H2,1-2H3,(H,22,23)/t14-,18+/m1/s1. The van der Waals surface area contributed by atoms with Gasteiger partial charge in [0.25, 0.3) is 5.91 Å². The number of aliphatic carboxylic acids is 1. The second-order valence-electron chi connectivity index (χ2n) is 5.73. The molecule has 1 aliphatic rings. The van der Waals surface area contributed by atoms with E-state index in [1.54, 1.807) is 18.2 Å². The van der Waals surface area contributed by atoms with E-state index in [-0.39, 0.29) is 11.3 Å². The summed E-state index contributed by atoms with van der Waals surface area (Å²) in [6, 6.07) is 13.4. The third kappa shape index (κ3) is 3.35. The largest absolute Gasteiger partial charge is 0.493 e. The van der Waals surface area contributed by atoms with E-state index in [4.69, 9.17) is 9.47 Å². The first-order valence-corrected chi connectivity index (χ1v) is 9.05. The molecule has 6 nitrogen and oxygen atoms in total. The number of hydrogen-bond donors (Lipinski definition) is 1. The van der Waals surface area contributed by atoms with Gasteiger partial charge < -0.3 is 19.5 Å². The van der Waals surface area contributed by atoms with E-state index < -0.39 is 12.0 Å². The maximum absolute atomic E-state index is 13.2. The zero-order valence-corrected chi connectivity index (χ0v) is 15.2. The number of carboxylic acid groups (broad SMARTS) is 1. The van der Waals surface area contributed by atoms with Gasteiger partial charge in [0.2, 0.25) is 0 Å². The van der Waals surface area contributed by atoms with E-state index >= 15 is 0 Å². The number of nitrogens with zero attached hydrogens (tertiary/aromatic N) is 1. The molecule has 2 aromatic rings. The number of carbonyl (C=O) groups is 2. The summed E-state index contributed by atoms with van der Waals surface area (Å²) in [4.78, 5) is 26.3. The minimum absolute atomic E-state index is 0.341. The number of benzene rings is 2. The fraction of sp³-hybridized carbons (Fsp3) is 0.263. The van der Waals surface area contributed by atoms with Gasteiger partial charge in [0.15, 0.2) is 11.5 Å². The molecule has 3 rings (SSSR count). The van der Waals surface area contributed by atoms with E-state index in [2.05, 4.69) is 0 Å². The summed E-state index contributed by atoms with van der Waals surface area (Å²) in [6.45, 7) is 0. The zero-order valence-electron chi connectivity index (χ0n) is 14.4. The van der Waals surface area contributed by atoms with Gasteiger partial charge >= 0.3 is 5.97 Å². The number of hydrogen-bond acceptors (Lipinski definition) is 5. The van der Waals surface area contributed by atoms with Gasteiger partial charge in [-0.3, -0.25) is 4.79 Å². The van der Waals surface area contributed by atoms with E-state index in [0.717, 1.165) is 5.56 Å². The highest BCUT2D eigenvalue weighted by Gasteiger charge is 2.42. The van der Waals surface area contributed by atoms with Crippen LogP contribution in [-0.2, 0) is 4.79 Å². The Morgan fingerprint density at radius 3 is 2.38 bits per heavy atom. The molecule has 1 heterocycles. The van der Waals surface area contributed by atoms with Gasteiger partial charge in [0.1, 0.15) is 11.4 Å². The van der Waals surface area contributed by atoms with Crippen LogP contribution in [-0.4, -0.2) is 47.9 Å². The maximum Gasteiger partial charge on any atom is 0.327 e. The van der Waals surface area contributed by atoms with Crippen LogP contribution in [0.2, 0.25) is 0 Å². The molecule has 1 saturated heterocycles. The van der Waals surface area contributed by atoms with Crippen LogP contribution in [0.5, 0.6) is 11.5 Å². The van der Waals surface area contributed by atoms with Crippen LogP contribution in [0, 0.1) is 0 Å². The van der Waals surface area contributed by atoms with E-state index in [1.165, 1.54) is 30.9 Å². The first-order valence-electron chi connectivity index (χ1n) is 8.01. The van der Waals surface area contributed by atoms with Crippen molar-refractivity contribution in [3.63, 3.8) is 0 Å². The highest BCUT2D eigenvalue weighted by molar-refractivity contribution is 7.99. The number of carbonyl (C=O) groups excluding carboxylic acids is 1. The topological polar surface area (TPSA) is 76.1 Å².